The van der Waals surface area contributed by atoms with Gasteiger partial charge in [0, 0.05) is 23.5 Å². The van der Waals surface area contributed by atoms with E-state index in [1.165, 1.54) is 0 Å². The maximum atomic E-state index is 12.5. The lowest BCUT2D eigenvalue weighted by Crippen LogP contribution is -2.49. The van der Waals surface area contributed by atoms with Gasteiger partial charge in [-0.05, 0) is 51.1 Å². The number of piperidine rings is 1. The predicted octanol–water partition coefficient (Wildman–Crippen LogP) is 4.31. The molecule has 1 saturated heterocycles. The van der Waals surface area contributed by atoms with Gasteiger partial charge in [0.1, 0.15) is 5.60 Å². The van der Waals surface area contributed by atoms with E-state index < -0.39 is 5.60 Å². The van der Waals surface area contributed by atoms with Crippen LogP contribution in [0, 0.1) is 0 Å². The third kappa shape index (κ3) is 5.18. The molecule has 0 bridgehead atoms. The zero-order valence-electron chi connectivity index (χ0n) is 14.0. The maximum Gasteiger partial charge on any atom is 0.410 e. The van der Waals surface area contributed by atoms with Gasteiger partial charge in [0.25, 0.3) is 0 Å². The molecule has 124 valence electrons. The zero-order valence-corrected chi connectivity index (χ0v) is 14.0. The molecule has 6 heteroatoms. The van der Waals surface area contributed by atoms with Crippen molar-refractivity contribution in [2.24, 2.45) is 5.11 Å². The quantitative estimate of drug-likeness (QED) is 0.473. The fourth-order valence-corrected chi connectivity index (χ4v) is 2.85. The van der Waals surface area contributed by atoms with E-state index in [-0.39, 0.29) is 18.2 Å². The van der Waals surface area contributed by atoms with Crippen molar-refractivity contribution >= 4 is 6.09 Å². The number of hydrogen-bond acceptors (Lipinski definition) is 3. The number of benzene rings is 1. The van der Waals surface area contributed by atoms with E-state index in [0.717, 1.165) is 12.0 Å². The molecule has 0 spiro atoms. The molecule has 1 amide bonds. The van der Waals surface area contributed by atoms with E-state index >= 15 is 0 Å². The van der Waals surface area contributed by atoms with Crippen LogP contribution in [0.15, 0.2) is 35.4 Å². The Bertz CT molecular complexity index is 576. The Kier molecular flexibility index (Phi) is 5.50. The van der Waals surface area contributed by atoms with Gasteiger partial charge in [-0.3, -0.25) is 0 Å². The highest BCUT2D eigenvalue weighted by molar-refractivity contribution is 5.68. The second kappa shape index (κ2) is 7.38. The molecule has 6 nitrogen and oxygen atoms in total. The van der Waals surface area contributed by atoms with Crippen molar-refractivity contribution < 1.29 is 9.53 Å². The Morgan fingerprint density at radius 3 is 2.70 bits per heavy atom. The molecule has 23 heavy (non-hydrogen) atoms. The van der Waals surface area contributed by atoms with Gasteiger partial charge in [0.2, 0.25) is 0 Å². The smallest absolute Gasteiger partial charge is 0.410 e. The van der Waals surface area contributed by atoms with E-state index in [1.807, 2.05) is 51.1 Å². The van der Waals surface area contributed by atoms with Crippen LogP contribution >= 0.6 is 0 Å². The Labute approximate surface area is 137 Å². The number of ether oxygens (including phenoxy) is 1. The standard InChI is InChI=1S/C17H24N4O2/c1-17(2,3)23-16(22)21-10-9-14(19-20-18)12-15(21)11-13-7-5-4-6-8-13/h4-8,14-15H,9-12H2,1-3H3. The molecule has 2 rings (SSSR count). The van der Waals surface area contributed by atoms with Crippen LogP contribution in [0.2, 0.25) is 0 Å². The Morgan fingerprint density at radius 2 is 2.09 bits per heavy atom. The van der Waals surface area contributed by atoms with Gasteiger partial charge in [0.05, 0.1) is 0 Å². The molecule has 1 heterocycles. The highest BCUT2D eigenvalue weighted by atomic mass is 16.6. The topological polar surface area (TPSA) is 78.3 Å². The number of carbonyl (C=O) groups is 1. The van der Waals surface area contributed by atoms with Crippen molar-refractivity contribution in [2.45, 2.75) is 57.7 Å². The Morgan fingerprint density at radius 1 is 1.39 bits per heavy atom. The largest absolute Gasteiger partial charge is 0.444 e. The van der Waals surface area contributed by atoms with Crippen molar-refractivity contribution in [1.29, 1.82) is 0 Å². The molecule has 1 aliphatic rings. The lowest BCUT2D eigenvalue weighted by molar-refractivity contribution is 0.00844. The van der Waals surface area contributed by atoms with Crippen LogP contribution in [0.1, 0.15) is 39.2 Å². The van der Waals surface area contributed by atoms with Gasteiger partial charge in [-0.15, -0.1) is 0 Å². The van der Waals surface area contributed by atoms with E-state index in [1.54, 1.807) is 4.90 Å². The number of nitrogens with zero attached hydrogens (tertiary/aromatic N) is 4. The molecule has 1 aliphatic heterocycles. The fraction of sp³-hybridized carbons (Fsp3) is 0.588. The molecular weight excluding hydrogens is 292 g/mol. The first-order valence-electron chi connectivity index (χ1n) is 7.97. The molecular formula is C17H24N4O2. The second-order valence-corrected chi connectivity index (χ2v) is 6.90. The molecule has 1 aromatic carbocycles. The fourth-order valence-electron chi connectivity index (χ4n) is 2.85. The summed E-state index contributed by atoms with van der Waals surface area (Å²) in [6.45, 7) is 6.15. The summed E-state index contributed by atoms with van der Waals surface area (Å²) in [5.41, 5.74) is 9.32. The molecule has 2 atom stereocenters. The lowest BCUT2D eigenvalue weighted by Gasteiger charge is -2.39. The van der Waals surface area contributed by atoms with E-state index in [0.29, 0.717) is 19.4 Å². The van der Waals surface area contributed by atoms with Crippen molar-refractivity contribution in [1.82, 2.24) is 4.90 Å². The van der Waals surface area contributed by atoms with Gasteiger partial charge in [0.15, 0.2) is 0 Å². The predicted molar refractivity (Wildman–Crippen MR) is 89.0 cm³/mol. The van der Waals surface area contributed by atoms with Crippen LogP contribution in [0.3, 0.4) is 0 Å². The van der Waals surface area contributed by atoms with Gasteiger partial charge in [-0.25, -0.2) is 4.79 Å². The summed E-state index contributed by atoms with van der Waals surface area (Å²) < 4.78 is 5.52. The third-order valence-corrected chi connectivity index (χ3v) is 3.85. The number of rotatable bonds is 3. The summed E-state index contributed by atoms with van der Waals surface area (Å²) in [6, 6.07) is 9.96. The van der Waals surface area contributed by atoms with E-state index in [2.05, 4.69) is 10.0 Å². The first-order chi connectivity index (χ1) is 10.9. The number of likely N-dealkylation sites (tertiary alicyclic amines) is 1. The molecule has 1 aromatic rings. The lowest BCUT2D eigenvalue weighted by atomic mass is 9.93. The van der Waals surface area contributed by atoms with E-state index in [4.69, 9.17) is 10.3 Å². The number of hydrogen-bond donors (Lipinski definition) is 0. The second-order valence-electron chi connectivity index (χ2n) is 6.90. The number of amides is 1. The Hall–Kier alpha value is -2.20. The van der Waals surface area contributed by atoms with Gasteiger partial charge >= 0.3 is 6.09 Å². The highest BCUT2D eigenvalue weighted by Crippen LogP contribution is 2.25. The van der Waals surface area contributed by atoms with Crippen LogP contribution in [0.5, 0.6) is 0 Å². The summed E-state index contributed by atoms with van der Waals surface area (Å²) in [4.78, 5) is 17.2. The van der Waals surface area contributed by atoms with Gasteiger partial charge < -0.3 is 9.64 Å². The SMILES string of the molecule is CC(C)(C)OC(=O)N1CCC(N=[N+]=[N-])CC1Cc1ccccc1. The number of carbonyl (C=O) groups excluding carboxylic acids is 1. The first-order valence-corrected chi connectivity index (χ1v) is 7.97. The molecule has 1 fully saturated rings. The molecule has 0 saturated carbocycles. The molecule has 0 N–H and O–H groups in total. The van der Waals surface area contributed by atoms with Crippen molar-refractivity contribution in [3.05, 3.63) is 46.3 Å². The maximum absolute atomic E-state index is 12.5. The normalized spacial score (nSPS) is 21.4. The molecule has 0 radical (unpaired) electrons. The van der Waals surface area contributed by atoms with Crippen LogP contribution in [0.25, 0.3) is 10.4 Å². The third-order valence-electron chi connectivity index (χ3n) is 3.85. The molecule has 0 aromatic heterocycles. The summed E-state index contributed by atoms with van der Waals surface area (Å²) in [5, 5.41) is 3.85. The number of azide groups is 1. The van der Waals surface area contributed by atoms with Gasteiger partial charge in [-0.1, -0.05) is 35.4 Å². The minimum atomic E-state index is -0.518. The molecule has 2 unspecified atom stereocenters. The van der Waals surface area contributed by atoms with Crippen molar-refractivity contribution in [2.75, 3.05) is 6.54 Å². The average molecular weight is 316 g/mol. The average Bonchev–Trinajstić information content (AvgIpc) is 2.47. The van der Waals surface area contributed by atoms with Gasteiger partial charge in [-0.2, -0.15) is 0 Å². The van der Waals surface area contributed by atoms with Crippen molar-refractivity contribution in [3.63, 3.8) is 0 Å². The minimum Gasteiger partial charge on any atom is -0.444 e. The summed E-state index contributed by atoms with van der Waals surface area (Å²) >= 11 is 0. The zero-order chi connectivity index (χ0) is 16.9. The first kappa shape index (κ1) is 17.2. The molecule has 0 aliphatic carbocycles. The summed E-state index contributed by atoms with van der Waals surface area (Å²) in [5.74, 6) is 0. The Balaban J connectivity index is 2.14. The van der Waals surface area contributed by atoms with Crippen LogP contribution in [-0.4, -0.2) is 35.2 Å². The van der Waals surface area contributed by atoms with E-state index in [9.17, 15) is 4.79 Å². The van der Waals surface area contributed by atoms with Crippen LogP contribution in [0.4, 0.5) is 4.79 Å². The van der Waals surface area contributed by atoms with Crippen molar-refractivity contribution in [3.8, 4) is 0 Å². The summed E-state index contributed by atoms with van der Waals surface area (Å²) in [6.07, 6.45) is 1.78. The monoisotopic (exact) mass is 316 g/mol. The summed E-state index contributed by atoms with van der Waals surface area (Å²) in [7, 11) is 0. The van der Waals surface area contributed by atoms with Crippen LogP contribution in [-0.2, 0) is 11.2 Å². The minimum absolute atomic E-state index is 0.0171. The van der Waals surface area contributed by atoms with Crippen LogP contribution < -0.4 is 0 Å². The highest BCUT2D eigenvalue weighted by Gasteiger charge is 2.33.